The van der Waals surface area contributed by atoms with E-state index in [0.717, 1.165) is 24.8 Å². The Morgan fingerprint density at radius 2 is 1.94 bits per heavy atom. The summed E-state index contributed by atoms with van der Waals surface area (Å²) < 4.78 is 22.5. The fourth-order valence-corrected chi connectivity index (χ4v) is 2.18. The van der Waals surface area contributed by atoms with Gasteiger partial charge in [-0.2, -0.15) is 0 Å². The Bertz CT molecular complexity index is 497. The van der Waals surface area contributed by atoms with Gasteiger partial charge in [-0.1, -0.05) is 12.1 Å². The van der Waals surface area contributed by atoms with Gasteiger partial charge in [-0.25, -0.2) is 8.42 Å². The van der Waals surface area contributed by atoms with Crippen molar-refractivity contribution in [2.24, 2.45) is 5.73 Å². The summed E-state index contributed by atoms with van der Waals surface area (Å²) in [5.74, 6) is 2.57. The number of hydrogen-bond acceptors (Lipinski definition) is 3. The van der Waals surface area contributed by atoms with Crippen molar-refractivity contribution in [3.63, 3.8) is 0 Å². The second-order valence-electron chi connectivity index (χ2n) is 4.04. The second-order valence-corrected chi connectivity index (χ2v) is 6.06. The molecule has 1 aromatic carbocycles. The van der Waals surface area contributed by atoms with Crippen molar-refractivity contribution in [3.8, 4) is 12.3 Å². The van der Waals surface area contributed by atoms with Crippen LogP contribution in [0, 0.1) is 12.3 Å². The average molecular weight is 251 g/mol. The van der Waals surface area contributed by atoms with E-state index in [4.69, 9.17) is 12.2 Å². The largest absolute Gasteiger partial charge is 0.324 e. The molecule has 92 valence electrons. The number of rotatable bonds is 5. The molecular weight excluding hydrogens is 234 g/mol. The van der Waals surface area contributed by atoms with Crippen LogP contribution in [0.25, 0.3) is 0 Å². The minimum Gasteiger partial charge on any atom is -0.324 e. The summed E-state index contributed by atoms with van der Waals surface area (Å²) in [5, 5.41) is 0. The first kappa shape index (κ1) is 13.8. The third kappa shape index (κ3) is 4.22. The quantitative estimate of drug-likeness (QED) is 0.642. The predicted molar refractivity (Wildman–Crippen MR) is 69.2 cm³/mol. The smallest absolute Gasteiger partial charge is 0.175 e. The van der Waals surface area contributed by atoms with E-state index in [1.807, 2.05) is 0 Å². The Balaban J connectivity index is 2.71. The maximum atomic E-state index is 11.3. The molecule has 0 aliphatic heterocycles. The SMILES string of the molecule is C#CCCCC(N)c1ccc(S(C)(=O)=O)cc1. The molecule has 1 aromatic rings. The molecule has 0 spiro atoms. The maximum absolute atomic E-state index is 11.3. The molecule has 2 N–H and O–H groups in total. The van der Waals surface area contributed by atoms with E-state index in [-0.39, 0.29) is 6.04 Å². The van der Waals surface area contributed by atoms with Crippen molar-refractivity contribution in [2.45, 2.75) is 30.2 Å². The van der Waals surface area contributed by atoms with Gasteiger partial charge in [0, 0.05) is 18.7 Å². The average Bonchev–Trinajstić information content (AvgIpc) is 2.28. The highest BCUT2D eigenvalue weighted by Crippen LogP contribution is 2.18. The van der Waals surface area contributed by atoms with Crippen LogP contribution in [0.4, 0.5) is 0 Å². The lowest BCUT2D eigenvalue weighted by Crippen LogP contribution is -2.10. The van der Waals surface area contributed by atoms with Crippen LogP contribution >= 0.6 is 0 Å². The molecule has 0 aromatic heterocycles. The number of hydrogen-bond donors (Lipinski definition) is 1. The molecule has 0 fully saturated rings. The molecule has 0 saturated carbocycles. The zero-order valence-electron chi connectivity index (χ0n) is 9.89. The van der Waals surface area contributed by atoms with E-state index < -0.39 is 9.84 Å². The number of nitrogens with two attached hydrogens (primary N) is 1. The van der Waals surface area contributed by atoms with Crippen LogP contribution in [-0.2, 0) is 9.84 Å². The summed E-state index contributed by atoms with van der Waals surface area (Å²) in [7, 11) is -3.13. The van der Waals surface area contributed by atoms with E-state index in [1.165, 1.54) is 6.26 Å². The minimum atomic E-state index is -3.13. The number of sulfone groups is 1. The number of benzene rings is 1. The Labute approximate surface area is 103 Å². The molecule has 0 aliphatic carbocycles. The summed E-state index contributed by atoms with van der Waals surface area (Å²) in [6.45, 7) is 0. The van der Waals surface area contributed by atoms with Crippen LogP contribution < -0.4 is 5.73 Å². The molecular formula is C13H17NO2S. The first-order chi connectivity index (χ1) is 7.95. The van der Waals surface area contributed by atoms with Crippen LogP contribution in [0.2, 0.25) is 0 Å². The Hall–Kier alpha value is -1.31. The Morgan fingerprint density at radius 3 is 2.41 bits per heavy atom. The monoisotopic (exact) mass is 251 g/mol. The molecule has 0 aliphatic rings. The molecule has 0 saturated heterocycles. The van der Waals surface area contributed by atoms with Gasteiger partial charge in [0.1, 0.15) is 0 Å². The highest BCUT2D eigenvalue weighted by molar-refractivity contribution is 7.90. The third-order valence-corrected chi connectivity index (χ3v) is 3.70. The van der Waals surface area contributed by atoms with Crippen molar-refractivity contribution in [3.05, 3.63) is 29.8 Å². The van der Waals surface area contributed by atoms with Crippen LogP contribution in [-0.4, -0.2) is 14.7 Å². The van der Waals surface area contributed by atoms with Crippen molar-refractivity contribution >= 4 is 9.84 Å². The van der Waals surface area contributed by atoms with Gasteiger partial charge < -0.3 is 5.73 Å². The molecule has 0 radical (unpaired) electrons. The first-order valence-electron chi connectivity index (χ1n) is 5.44. The molecule has 1 unspecified atom stereocenters. The lowest BCUT2D eigenvalue weighted by Gasteiger charge is -2.11. The van der Waals surface area contributed by atoms with E-state index in [0.29, 0.717) is 4.90 Å². The summed E-state index contributed by atoms with van der Waals surface area (Å²) in [4.78, 5) is 0.317. The summed E-state index contributed by atoms with van der Waals surface area (Å²) in [6, 6.07) is 6.61. The normalized spacial score (nSPS) is 13.0. The topological polar surface area (TPSA) is 60.2 Å². The van der Waals surface area contributed by atoms with Crippen molar-refractivity contribution in [2.75, 3.05) is 6.26 Å². The van der Waals surface area contributed by atoms with Gasteiger partial charge >= 0.3 is 0 Å². The van der Waals surface area contributed by atoms with Crippen LogP contribution in [0.15, 0.2) is 29.2 Å². The van der Waals surface area contributed by atoms with Gasteiger partial charge in [0.25, 0.3) is 0 Å². The molecule has 4 heteroatoms. The minimum absolute atomic E-state index is 0.0861. The van der Waals surface area contributed by atoms with Crippen LogP contribution in [0.1, 0.15) is 30.9 Å². The summed E-state index contributed by atoms with van der Waals surface area (Å²) in [6.07, 6.45) is 8.76. The van der Waals surface area contributed by atoms with Gasteiger partial charge in [0.2, 0.25) is 0 Å². The third-order valence-electron chi connectivity index (χ3n) is 2.57. The van der Waals surface area contributed by atoms with Gasteiger partial charge in [-0.05, 0) is 30.5 Å². The van der Waals surface area contributed by atoms with Crippen LogP contribution in [0.3, 0.4) is 0 Å². The lowest BCUT2D eigenvalue weighted by atomic mass is 10.0. The van der Waals surface area contributed by atoms with Crippen molar-refractivity contribution in [1.29, 1.82) is 0 Å². The number of unbranched alkanes of at least 4 members (excludes halogenated alkanes) is 1. The summed E-state index contributed by atoms with van der Waals surface area (Å²) >= 11 is 0. The molecule has 1 rings (SSSR count). The molecule has 0 amide bonds. The van der Waals surface area contributed by atoms with Gasteiger partial charge in [0.15, 0.2) is 9.84 Å². The van der Waals surface area contributed by atoms with Gasteiger partial charge in [-0.15, -0.1) is 12.3 Å². The van der Waals surface area contributed by atoms with E-state index >= 15 is 0 Å². The summed E-state index contributed by atoms with van der Waals surface area (Å²) in [5.41, 5.74) is 6.92. The van der Waals surface area contributed by atoms with Crippen LogP contribution in [0.5, 0.6) is 0 Å². The Morgan fingerprint density at radius 1 is 1.35 bits per heavy atom. The van der Waals surface area contributed by atoms with E-state index in [1.54, 1.807) is 24.3 Å². The fourth-order valence-electron chi connectivity index (χ4n) is 1.55. The second kappa shape index (κ2) is 5.85. The van der Waals surface area contributed by atoms with Gasteiger partial charge in [-0.3, -0.25) is 0 Å². The Kier molecular flexibility index (Phi) is 4.73. The van der Waals surface area contributed by atoms with Crippen molar-refractivity contribution in [1.82, 2.24) is 0 Å². The standard InChI is InChI=1S/C13H17NO2S/c1-3-4-5-6-13(14)11-7-9-12(10-8-11)17(2,15)16/h1,7-10,13H,4-6,14H2,2H3. The molecule has 0 heterocycles. The molecule has 0 bridgehead atoms. The predicted octanol–water partition coefficient (Wildman–Crippen LogP) is 1.89. The van der Waals surface area contributed by atoms with Gasteiger partial charge in [0.05, 0.1) is 4.90 Å². The maximum Gasteiger partial charge on any atom is 0.175 e. The van der Waals surface area contributed by atoms with E-state index in [9.17, 15) is 8.42 Å². The van der Waals surface area contributed by atoms with E-state index in [2.05, 4.69) is 5.92 Å². The fraction of sp³-hybridized carbons (Fsp3) is 0.385. The molecule has 3 nitrogen and oxygen atoms in total. The first-order valence-corrected chi connectivity index (χ1v) is 7.33. The molecule has 17 heavy (non-hydrogen) atoms. The molecule has 1 atom stereocenters. The zero-order valence-corrected chi connectivity index (χ0v) is 10.7. The number of terminal acetylenes is 1. The van der Waals surface area contributed by atoms with Crippen molar-refractivity contribution < 1.29 is 8.42 Å². The zero-order chi connectivity index (χ0) is 12.9. The highest BCUT2D eigenvalue weighted by atomic mass is 32.2. The highest BCUT2D eigenvalue weighted by Gasteiger charge is 2.09. The lowest BCUT2D eigenvalue weighted by molar-refractivity contribution is 0.601.